The van der Waals surface area contributed by atoms with Gasteiger partial charge in [0.2, 0.25) is 23.5 Å². The Labute approximate surface area is 408 Å². The van der Waals surface area contributed by atoms with Gasteiger partial charge in [-0.05, 0) is 63.8 Å². The van der Waals surface area contributed by atoms with E-state index in [4.69, 9.17) is 0 Å². The Hall–Kier alpha value is -8.74. The number of rotatable bonds is 22. The first kappa shape index (κ1) is 51.6. The predicted octanol–water partition coefficient (Wildman–Crippen LogP) is 1.85. The van der Waals surface area contributed by atoms with Crippen LogP contribution < -0.4 is 42.5 Å². The monoisotopic (exact) mass is 977 g/mol. The summed E-state index contributed by atoms with van der Waals surface area (Å²) in [7, 11) is 13.8. The first-order chi connectivity index (χ1) is 33.8. The van der Waals surface area contributed by atoms with Crippen molar-refractivity contribution in [2.45, 2.75) is 25.7 Å². The van der Waals surface area contributed by atoms with E-state index in [2.05, 4.69) is 52.5 Å². The Morgan fingerprint density at radius 3 is 1.45 bits per heavy atom. The molecular weight excluding hydrogens is 919 g/mol. The van der Waals surface area contributed by atoms with Crippen LogP contribution in [0.4, 0.5) is 28.7 Å². The average Bonchev–Trinajstić information content (AvgIpc) is 4.17. The Balaban J connectivity index is 0.916. The average molecular weight is 978 g/mol. The largest absolute Gasteiger partial charge is 0.356 e. The molecule has 0 fully saturated rings. The first-order valence-corrected chi connectivity index (χ1v) is 22.5. The molecule has 6 aromatic rings. The number of amides is 8. The maximum absolute atomic E-state index is 13.2. The number of aryl methyl sites for hydroxylation is 6. The fourth-order valence-corrected chi connectivity index (χ4v) is 7.34. The third kappa shape index (κ3) is 13.7. The molecule has 8 N–H and O–H groups in total. The maximum atomic E-state index is 13.2. The summed E-state index contributed by atoms with van der Waals surface area (Å²) in [5.74, 6) is -3.40. The Bertz CT molecular complexity index is 2960. The van der Waals surface area contributed by atoms with Crippen LogP contribution in [0.5, 0.6) is 0 Å². The summed E-state index contributed by atoms with van der Waals surface area (Å²) in [6, 6.07) is 8.00. The highest BCUT2D eigenvalue weighted by atomic mass is 16.2. The Morgan fingerprint density at radius 1 is 0.465 bits per heavy atom. The predicted molar refractivity (Wildman–Crippen MR) is 263 cm³/mol. The molecule has 376 valence electrons. The van der Waals surface area contributed by atoms with Crippen molar-refractivity contribution in [3.63, 3.8) is 0 Å². The van der Waals surface area contributed by atoms with E-state index >= 15 is 0 Å². The molecule has 0 radical (unpaired) electrons. The molecule has 25 heteroatoms. The number of anilines is 5. The number of hydrogen-bond acceptors (Lipinski definition) is 11. The van der Waals surface area contributed by atoms with Gasteiger partial charge in [-0.25, -0.2) is 9.97 Å². The lowest BCUT2D eigenvalue weighted by molar-refractivity contribution is -0.121. The molecule has 0 unspecified atom stereocenters. The molecule has 6 aromatic heterocycles. The lowest BCUT2D eigenvalue weighted by Gasteiger charge is -2.10. The summed E-state index contributed by atoms with van der Waals surface area (Å²) >= 11 is 0. The molecule has 6 heterocycles. The minimum Gasteiger partial charge on any atom is -0.356 e. The van der Waals surface area contributed by atoms with Crippen LogP contribution in [0.1, 0.15) is 88.9 Å². The second-order valence-electron chi connectivity index (χ2n) is 17.0. The van der Waals surface area contributed by atoms with Crippen molar-refractivity contribution in [2.75, 3.05) is 66.9 Å². The van der Waals surface area contributed by atoms with E-state index < -0.39 is 35.4 Å². The number of hydrogen-bond donors (Lipinski definition) is 8. The normalized spacial score (nSPS) is 11.0. The number of imidazole rings is 2. The summed E-state index contributed by atoms with van der Waals surface area (Å²) in [5, 5.41) is 21.8. The summed E-state index contributed by atoms with van der Waals surface area (Å²) in [5.41, 5.74) is 2.40. The van der Waals surface area contributed by atoms with Gasteiger partial charge in [-0.3, -0.25) is 38.4 Å². The van der Waals surface area contributed by atoms with Gasteiger partial charge in [0, 0.05) is 112 Å². The highest BCUT2D eigenvalue weighted by Gasteiger charge is 2.22. The molecule has 0 spiro atoms. The molecule has 0 bridgehead atoms. The summed E-state index contributed by atoms with van der Waals surface area (Å²) in [6.07, 6.45) is 10.6. The summed E-state index contributed by atoms with van der Waals surface area (Å²) < 4.78 is 9.18. The topological polar surface area (TPSA) is 291 Å². The number of aromatic nitrogens is 8. The molecule has 8 amide bonds. The van der Waals surface area contributed by atoms with Crippen LogP contribution >= 0.6 is 0 Å². The van der Waals surface area contributed by atoms with Crippen LogP contribution in [0.15, 0.2) is 67.5 Å². The smallest absolute Gasteiger partial charge is 0.292 e. The van der Waals surface area contributed by atoms with Gasteiger partial charge in [0.15, 0.2) is 11.6 Å². The van der Waals surface area contributed by atoms with E-state index in [1.54, 1.807) is 99.0 Å². The zero-order valence-electron chi connectivity index (χ0n) is 40.8. The van der Waals surface area contributed by atoms with Crippen LogP contribution in [-0.4, -0.2) is 130 Å². The van der Waals surface area contributed by atoms with Crippen molar-refractivity contribution in [2.24, 2.45) is 42.3 Å². The van der Waals surface area contributed by atoms with Gasteiger partial charge in [-0.1, -0.05) is 0 Å². The van der Waals surface area contributed by atoms with Gasteiger partial charge in [-0.2, -0.15) is 0 Å². The first-order valence-electron chi connectivity index (χ1n) is 22.5. The second-order valence-corrected chi connectivity index (χ2v) is 17.0. The van der Waals surface area contributed by atoms with Crippen LogP contribution in [0.2, 0.25) is 0 Å². The highest BCUT2D eigenvalue weighted by molar-refractivity contribution is 6.08. The van der Waals surface area contributed by atoms with Gasteiger partial charge >= 0.3 is 0 Å². The summed E-state index contributed by atoms with van der Waals surface area (Å²) in [4.78, 5) is 114. The zero-order chi connectivity index (χ0) is 51.5. The van der Waals surface area contributed by atoms with Gasteiger partial charge < -0.3 is 74.8 Å². The van der Waals surface area contributed by atoms with Crippen molar-refractivity contribution >= 4 is 76.0 Å². The highest BCUT2D eigenvalue weighted by Crippen LogP contribution is 2.20. The number of carbonyl (C=O) groups excluding carboxylic acids is 8. The number of nitrogens with zero attached hydrogens (tertiary/aromatic N) is 9. The molecule has 25 nitrogen and oxygen atoms in total. The quantitative estimate of drug-likeness (QED) is 0.0455. The van der Waals surface area contributed by atoms with Crippen molar-refractivity contribution in [1.29, 1.82) is 0 Å². The van der Waals surface area contributed by atoms with Crippen molar-refractivity contribution in [1.82, 2.24) is 58.2 Å². The second kappa shape index (κ2) is 23.0. The third-order valence-corrected chi connectivity index (χ3v) is 10.9. The van der Waals surface area contributed by atoms with Crippen LogP contribution in [0, 0.1) is 0 Å². The minimum atomic E-state index is -0.664. The number of nitrogens with one attached hydrogen (secondary N) is 8. The van der Waals surface area contributed by atoms with Gasteiger partial charge in [0.05, 0.1) is 17.1 Å². The lowest BCUT2D eigenvalue weighted by atomic mass is 10.3. The molecule has 0 saturated heterocycles. The van der Waals surface area contributed by atoms with Crippen LogP contribution in [-0.2, 0) is 51.9 Å². The molecule has 0 aliphatic carbocycles. The van der Waals surface area contributed by atoms with Gasteiger partial charge in [-0.15, -0.1) is 0 Å². The van der Waals surface area contributed by atoms with E-state index in [1.165, 1.54) is 38.2 Å². The molecule has 0 atom stereocenters. The van der Waals surface area contributed by atoms with Crippen LogP contribution in [0.3, 0.4) is 0 Å². The van der Waals surface area contributed by atoms with Crippen molar-refractivity contribution in [3.8, 4) is 0 Å². The Kier molecular flexibility index (Phi) is 16.8. The summed E-state index contributed by atoms with van der Waals surface area (Å²) in [6.45, 7) is 1.68. The lowest BCUT2D eigenvalue weighted by Crippen LogP contribution is -2.32. The van der Waals surface area contributed by atoms with Gasteiger partial charge in [0.25, 0.3) is 35.4 Å². The van der Waals surface area contributed by atoms with E-state index in [0.717, 1.165) is 13.0 Å². The standard InChI is InChI=1S/C46H59N17O8/c1-57(2)18-11-16-47-37(64)14-17-49-42(67)33-21-30(25-60(33)5)52-45(70)39-55-36(27-63(39)8)56-46(71)40-54-35(26-62(40)7)53-38(65)13-9-15-48-41(66)32-20-28(23-59(32)4)51-44(69)34-22-29(24-61(34)6)50-43(68)31-12-10-19-58(31)3/h10,12,19-27H,9,11,13-18H2,1-8H3,(H,47,64)(H,48,66)(H,49,67)(H,50,68)(H,51,69)(H,52,70)(H,53,65)(H,56,71). The minimum absolute atomic E-state index is 0.0192. The fourth-order valence-electron chi connectivity index (χ4n) is 7.34. The fraction of sp³-hybridized carbons (Fsp3) is 0.348. The van der Waals surface area contributed by atoms with Crippen molar-refractivity contribution < 1.29 is 38.4 Å². The molecule has 0 saturated carbocycles. The molecule has 0 aliphatic rings. The SMILES string of the molecule is CN(C)CCCNC(=O)CCNC(=O)c1cc(NC(=O)c2nc(NC(=O)c3nc(NC(=O)CCCNC(=O)c4cc(NC(=O)c5cc(NC(=O)c6cccn6C)cn5C)cn4C)cn3C)cn2C)cn1C. The maximum Gasteiger partial charge on any atom is 0.292 e. The third-order valence-electron chi connectivity index (χ3n) is 10.9. The molecule has 0 aliphatic heterocycles. The molecule has 0 aromatic carbocycles. The Morgan fingerprint density at radius 2 is 0.930 bits per heavy atom. The van der Waals surface area contributed by atoms with E-state index in [1.807, 2.05) is 19.0 Å². The van der Waals surface area contributed by atoms with E-state index in [0.29, 0.717) is 29.3 Å². The molecule has 71 heavy (non-hydrogen) atoms. The van der Waals surface area contributed by atoms with E-state index in [-0.39, 0.29) is 84.5 Å². The van der Waals surface area contributed by atoms with Crippen molar-refractivity contribution in [3.05, 3.63) is 102 Å². The van der Waals surface area contributed by atoms with Crippen LogP contribution in [0.25, 0.3) is 0 Å². The zero-order valence-corrected chi connectivity index (χ0v) is 40.8. The van der Waals surface area contributed by atoms with Gasteiger partial charge in [0.1, 0.15) is 22.8 Å². The number of carbonyl (C=O) groups is 8. The molecule has 6 rings (SSSR count). The molecular formula is C46H59N17O8. The van der Waals surface area contributed by atoms with E-state index in [9.17, 15) is 38.4 Å².